The van der Waals surface area contributed by atoms with Crippen LogP contribution < -0.4 is 15.5 Å². The molecule has 0 spiro atoms. The minimum absolute atomic E-state index is 0.0171. The summed E-state index contributed by atoms with van der Waals surface area (Å²) in [4.78, 5) is 23.6. The third kappa shape index (κ3) is 3.75. The topological polar surface area (TPSA) is 102 Å². The highest BCUT2D eigenvalue weighted by Gasteiger charge is 2.25. The van der Waals surface area contributed by atoms with Crippen molar-refractivity contribution in [3.63, 3.8) is 0 Å². The third-order valence-electron chi connectivity index (χ3n) is 6.38. The summed E-state index contributed by atoms with van der Waals surface area (Å²) in [6, 6.07) is 12.2. The molecule has 4 aromatic rings. The Labute approximate surface area is 196 Å². The van der Waals surface area contributed by atoms with Gasteiger partial charge in [-0.15, -0.1) is 0 Å². The molecule has 0 aliphatic carbocycles. The molecule has 10 nitrogen and oxygen atoms in total. The number of urea groups is 1. The Morgan fingerprint density at radius 3 is 2.71 bits per heavy atom. The first-order valence-electron chi connectivity index (χ1n) is 11.5. The fourth-order valence-corrected chi connectivity index (χ4v) is 4.57. The highest BCUT2D eigenvalue weighted by Crippen LogP contribution is 2.30. The first-order valence-corrected chi connectivity index (χ1v) is 11.5. The number of nitrogens with one attached hydrogen (secondary N) is 2. The second kappa shape index (κ2) is 8.45. The molecular formula is C24H26N8O2. The van der Waals surface area contributed by atoms with E-state index in [1.54, 1.807) is 0 Å². The molecule has 0 bridgehead atoms. The van der Waals surface area contributed by atoms with Crippen LogP contribution in [0.5, 0.6) is 0 Å². The Morgan fingerprint density at radius 1 is 1.09 bits per heavy atom. The quantitative estimate of drug-likeness (QED) is 0.487. The average molecular weight is 459 g/mol. The van der Waals surface area contributed by atoms with E-state index in [2.05, 4.69) is 46.7 Å². The van der Waals surface area contributed by atoms with E-state index in [4.69, 9.17) is 19.8 Å². The van der Waals surface area contributed by atoms with Gasteiger partial charge in [0.05, 0.1) is 37.0 Å². The molecule has 0 radical (unpaired) electrons. The molecule has 6 rings (SSSR count). The van der Waals surface area contributed by atoms with E-state index in [0.29, 0.717) is 26.3 Å². The van der Waals surface area contributed by atoms with Gasteiger partial charge in [-0.2, -0.15) is 5.10 Å². The number of anilines is 1. The summed E-state index contributed by atoms with van der Waals surface area (Å²) < 4.78 is 9.43. The number of imidazole rings is 1. The molecule has 2 amide bonds. The van der Waals surface area contributed by atoms with Gasteiger partial charge in [0.15, 0.2) is 11.5 Å². The molecule has 2 saturated heterocycles. The number of nitrogens with zero attached hydrogens (tertiary/aromatic N) is 6. The molecule has 2 aliphatic heterocycles. The second-order valence-electron chi connectivity index (χ2n) is 8.68. The number of aryl methyl sites for hydroxylation is 1. The van der Waals surface area contributed by atoms with Crippen LogP contribution in [0.3, 0.4) is 0 Å². The molecular weight excluding hydrogens is 432 g/mol. The van der Waals surface area contributed by atoms with Crippen molar-refractivity contribution >= 4 is 22.9 Å². The van der Waals surface area contributed by atoms with Gasteiger partial charge in [-0.3, -0.25) is 0 Å². The smallest absolute Gasteiger partial charge is 0.314 e. The number of benzene rings is 1. The minimum Gasteiger partial charge on any atom is -0.378 e. The maximum Gasteiger partial charge on any atom is 0.314 e. The third-order valence-corrected chi connectivity index (χ3v) is 6.38. The van der Waals surface area contributed by atoms with E-state index >= 15 is 0 Å². The van der Waals surface area contributed by atoms with Crippen molar-refractivity contribution in [2.75, 3.05) is 44.3 Å². The van der Waals surface area contributed by atoms with Gasteiger partial charge in [-0.05, 0) is 19.1 Å². The fourth-order valence-electron chi connectivity index (χ4n) is 4.57. The van der Waals surface area contributed by atoms with Crippen molar-refractivity contribution in [3.8, 4) is 17.1 Å². The average Bonchev–Trinajstić information content (AvgIpc) is 3.52. The predicted octanol–water partition coefficient (Wildman–Crippen LogP) is 2.28. The number of pyridine rings is 1. The van der Waals surface area contributed by atoms with Crippen LogP contribution in [-0.2, 0) is 4.74 Å². The van der Waals surface area contributed by atoms with Crippen LogP contribution in [0.15, 0.2) is 48.9 Å². The summed E-state index contributed by atoms with van der Waals surface area (Å²) in [5, 5.41) is 10.6. The van der Waals surface area contributed by atoms with Crippen molar-refractivity contribution in [1.29, 1.82) is 0 Å². The van der Waals surface area contributed by atoms with Crippen LogP contribution in [0.1, 0.15) is 11.6 Å². The van der Waals surface area contributed by atoms with E-state index in [0.717, 1.165) is 47.0 Å². The van der Waals surface area contributed by atoms with Crippen molar-refractivity contribution in [1.82, 2.24) is 34.9 Å². The monoisotopic (exact) mass is 458 g/mol. The lowest BCUT2D eigenvalue weighted by Gasteiger charge is -2.29. The Morgan fingerprint density at radius 2 is 1.91 bits per heavy atom. The standard InChI is InChI=1S/C24H26N8O2/c1-16-3-2-4-17(11-16)19-5-6-32(29-19)21-12-20(30-7-9-34-10-8-30)22-23(28-21)31(15-27-22)18-13-25-24(33)26-14-18/h2-6,11-12,15,18H,7-10,13-14H2,1H3,(H2,25,26,33). The van der Waals surface area contributed by atoms with Crippen LogP contribution in [0.2, 0.25) is 0 Å². The van der Waals surface area contributed by atoms with Gasteiger partial charge >= 0.3 is 6.03 Å². The van der Waals surface area contributed by atoms with E-state index in [1.807, 2.05) is 33.9 Å². The molecule has 0 saturated carbocycles. The largest absolute Gasteiger partial charge is 0.378 e. The summed E-state index contributed by atoms with van der Waals surface area (Å²) in [6.45, 7) is 6.06. The minimum atomic E-state index is -0.149. The maximum absolute atomic E-state index is 11.6. The van der Waals surface area contributed by atoms with Gasteiger partial charge in [-0.1, -0.05) is 23.8 Å². The number of carbonyl (C=O) groups is 1. The van der Waals surface area contributed by atoms with E-state index in [1.165, 1.54) is 5.56 Å². The normalized spacial score (nSPS) is 17.1. The first kappa shape index (κ1) is 20.7. The number of fused-ring (bicyclic) bond motifs is 1. The first-order chi connectivity index (χ1) is 16.7. The molecule has 1 aromatic carbocycles. The molecule has 2 aliphatic rings. The van der Waals surface area contributed by atoms with Crippen LogP contribution in [0.25, 0.3) is 28.2 Å². The summed E-state index contributed by atoms with van der Waals surface area (Å²) in [7, 11) is 0. The summed E-state index contributed by atoms with van der Waals surface area (Å²) in [5.41, 5.74) is 5.79. The Kier molecular flexibility index (Phi) is 5.14. The van der Waals surface area contributed by atoms with Crippen LogP contribution in [0.4, 0.5) is 10.5 Å². The molecule has 174 valence electrons. The number of amides is 2. The Hall–Kier alpha value is -3.92. The van der Waals surface area contributed by atoms with Gasteiger partial charge in [0.2, 0.25) is 0 Å². The van der Waals surface area contributed by atoms with Gasteiger partial charge in [0, 0.05) is 44.0 Å². The number of hydrogen-bond donors (Lipinski definition) is 2. The zero-order valence-electron chi connectivity index (χ0n) is 18.9. The van der Waals surface area contributed by atoms with Gasteiger partial charge in [0.1, 0.15) is 5.52 Å². The van der Waals surface area contributed by atoms with Crippen molar-refractivity contribution in [2.45, 2.75) is 13.0 Å². The lowest BCUT2D eigenvalue weighted by molar-refractivity contribution is 0.123. The van der Waals surface area contributed by atoms with Gasteiger partial charge in [-0.25, -0.2) is 19.4 Å². The summed E-state index contributed by atoms with van der Waals surface area (Å²) in [6.07, 6.45) is 3.76. The van der Waals surface area contributed by atoms with Gasteiger partial charge in [0.25, 0.3) is 0 Å². The Bertz CT molecular complexity index is 1340. The molecule has 10 heteroatoms. The molecule has 3 aromatic heterocycles. The lowest BCUT2D eigenvalue weighted by atomic mass is 10.1. The van der Waals surface area contributed by atoms with Crippen molar-refractivity contribution in [3.05, 3.63) is 54.5 Å². The highest BCUT2D eigenvalue weighted by molar-refractivity contribution is 5.88. The molecule has 34 heavy (non-hydrogen) atoms. The van der Waals surface area contributed by atoms with Crippen molar-refractivity contribution in [2.24, 2.45) is 0 Å². The van der Waals surface area contributed by atoms with Crippen LogP contribution >= 0.6 is 0 Å². The summed E-state index contributed by atoms with van der Waals surface area (Å²) in [5.74, 6) is 0.724. The predicted molar refractivity (Wildman–Crippen MR) is 128 cm³/mol. The number of aromatic nitrogens is 5. The molecule has 0 unspecified atom stereocenters. The maximum atomic E-state index is 11.6. The zero-order valence-corrected chi connectivity index (χ0v) is 18.9. The molecule has 2 N–H and O–H groups in total. The summed E-state index contributed by atoms with van der Waals surface area (Å²) >= 11 is 0. The van der Waals surface area contributed by atoms with E-state index < -0.39 is 0 Å². The number of rotatable bonds is 4. The SMILES string of the molecule is Cc1cccc(-c2ccn(-c3cc(N4CCOCC4)c4ncn(C5CNC(=O)NC5)c4n3)n2)c1. The molecule has 2 fully saturated rings. The number of carbonyl (C=O) groups excluding carboxylic acids is 1. The van der Waals surface area contributed by atoms with Crippen LogP contribution in [-0.4, -0.2) is 69.7 Å². The molecule has 0 atom stereocenters. The highest BCUT2D eigenvalue weighted by atomic mass is 16.5. The number of hydrogen-bond acceptors (Lipinski definition) is 6. The van der Waals surface area contributed by atoms with E-state index in [9.17, 15) is 4.79 Å². The zero-order chi connectivity index (χ0) is 23.1. The Balaban J connectivity index is 1.45. The van der Waals surface area contributed by atoms with Crippen LogP contribution in [0, 0.1) is 6.92 Å². The lowest BCUT2D eigenvalue weighted by Crippen LogP contribution is -2.48. The fraction of sp³-hybridized carbons (Fsp3) is 0.333. The second-order valence-corrected chi connectivity index (χ2v) is 8.68. The number of ether oxygens (including phenoxy) is 1. The van der Waals surface area contributed by atoms with Crippen molar-refractivity contribution < 1.29 is 9.53 Å². The van der Waals surface area contributed by atoms with E-state index in [-0.39, 0.29) is 12.1 Å². The molecule has 5 heterocycles. The number of morpholine rings is 1. The van der Waals surface area contributed by atoms with Gasteiger partial charge < -0.3 is 24.8 Å².